The molecular formula is C9H19NOS. The summed E-state index contributed by atoms with van der Waals surface area (Å²) < 4.78 is 0. The van der Waals surface area contributed by atoms with Gasteiger partial charge in [-0.25, -0.2) is 0 Å². The minimum absolute atomic E-state index is 0.280. The van der Waals surface area contributed by atoms with Crippen molar-refractivity contribution in [2.45, 2.75) is 31.7 Å². The molecule has 1 unspecified atom stereocenters. The first kappa shape index (κ1) is 10.4. The summed E-state index contributed by atoms with van der Waals surface area (Å²) in [6, 6.07) is 0.365. The minimum Gasteiger partial charge on any atom is -0.396 e. The first-order valence-corrected chi connectivity index (χ1v) is 5.94. The maximum atomic E-state index is 8.58. The zero-order valence-corrected chi connectivity index (χ0v) is 8.35. The molecule has 0 spiro atoms. The lowest BCUT2D eigenvalue weighted by molar-refractivity contribution is 0.322. The number of hydrogen-bond donors (Lipinski definition) is 2. The van der Waals surface area contributed by atoms with Crippen molar-refractivity contribution in [3.05, 3.63) is 0 Å². The Bertz CT molecular complexity index is 115. The van der Waals surface area contributed by atoms with Crippen molar-refractivity contribution < 1.29 is 5.11 Å². The molecule has 1 aliphatic carbocycles. The lowest BCUT2D eigenvalue weighted by Crippen LogP contribution is -2.31. The van der Waals surface area contributed by atoms with Gasteiger partial charge in [-0.3, -0.25) is 0 Å². The quantitative estimate of drug-likeness (QED) is 0.639. The van der Waals surface area contributed by atoms with E-state index in [2.05, 4.69) is 0 Å². The van der Waals surface area contributed by atoms with Crippen molar-refractivity contribution in [1.29, 1.82) is 0 Å². The third-order valence-corrected chi connectivity index (χ3v) is 3.64. The molecule has 0 saturated heterocycles. The van der Waals surface area contributed by atoms with Crippen LogP contribution in [0.1, 0.15) is 25.7 Å². The topological polar surface area (TPSA) is 46.2 Å². The number of hydrogen-bond acceptors (Lipinski definition) is 3. The van der Waals surface area contributed by atoms with E-state index in [4.69, 9.17) is 10.8 Å². The van der Waals surface area contributed by atoms with Crippen molar-refractivity contribution in [2.75, 3.05) is 18.1 Å². The Labute approximate surface area is 78.9 Å². The van der Waals surface area contributed by atoms with Gasteiger partial charge in [0.2, 0.25) is 0 Å². The summed E-state index contributed by atoms with van der Waals surface area (Å²) in [5.74, 6) is 2.61. The van der Waals surface area contributed by atoms with Gasteiger partial charge in [-0.1, -0.05) is 12.8 Å². The third kappa shape index (κ3) is 3.33. The normalized spacial score (nSPS) is 21.5. The molecule has 0 amide bonds. The van der Waals surface area contributed by atoms with Gasteiger partial charge in [0.1, 0.15) is 0 Å². The van der Waals surface area contributed by atoms with Crippen LogP contribution in [0.4, 0.5) is 0 Å². The van der Waals surface area contributed by atoms with Crippen LogP contribution in [-0.4, -0.2) is 29.3 Å². The molecular weight excluding hydrogens is 170 g/mol. The largest absolute Gasteiger partial charge is 0.396 e. The fourth-order valence-corrected chi connectivity index (χ4v) is 2.65. The molecule has 3 N–H and O–H groups in total. The Morgan fingerprint density at radius 3 is 2.67 bits per heavy atom. The average molecular weight is 189 g/mol. The van der Waals surface area contributed by atoms with E-state index in [0.717, 1.165) is 17.4 Å². The maximum absolute atomic E-state index is 8.58. The van der Waals surface area contributed by atoms with Crippen molar-refractivity contribution in [3.8, 4) is 0 Å². The van der Waals surface area contributed by atoms with Crippen LogP contribution in [-0.2, 0) is 0 Å². The van der Waals surface area contributed by atoms with Gasteiger partial charge in [0.25, 0.3) is 0 Å². The van der Waals surface area contributed by atoms with Crippen LogP contribution >= 0.6 is 11.8 Å². The molecule has 1 aliphatic rings. The molecule has 0 aromatic heterocycles. The lowest BCUT2D eigenvalue weighted by atomic mass is 10.0. The average Bonchev–Trinajstić information content (AvgIpc) is 2.56. The number of nitrogens with two attached hydrogens (primary N) is 1. The molecule has 1 fully saturated rings. The van der Waals surface area contributed by atoms with Crippen LogP contribution in [0, 0.1) is 5.92 Å². The summed E-state index contributed by atoms with van der Waals surface area (Å²) in [7, 11) is 0. The highest BCUT2D eigenvalue weighted by molar-refractivity contribution is 7.99. The van der Waals surface area contributed by atoms with Gasteiger partial charge < -0.3 is 10.8 Å². The van der Waals surface area contributed by atoms with Crippen LogP contribution in [0.5, 0.6) is 0 Å². The Morgan fingerprint density at radius 1 is 1.42 bits per heavy atom. The fourth-order valence-electron chi connectivity index (χ4n) is 1.81. The Kier molecular flexibility index (Phi) is 5.04. The predicted molar refractivity (Wildman–Crippen MR) is 54.3 cm³/mol. The molecule has 1 rings (SSSR count). The molecule has 0 aromatic rings. The summed E-state index contributed by atoms with van der Waals surface area (Å²) in [4.78, 5) is 0. The number of rotatable bonds is 5. The maximum Gasteiger partial charge on any atom is 0.0521 e. The van der Waals surface area contributed by atoms with Crippen molar-refractivity contribution in [1.82, 2.24) is 0 Å². The summed E-state index contributed by atoms with van der Waals surface area (Å²) in [5.41, 5.74) is 6.02. The van der Waals surface area contributed by atoms with E-state index in [0.29, 0.717) is 6.04 Å². The van der Waals surface area contributed by atoms with Crippen LogP contribution in [0.25, 0.3) is 0 Å². The van der Waals surface area contributed by atoms with E-state index in [-0.39, 0.29) is 6.61 Å². The molecule has 1 atom stereocenters. The Morgan fingerprint density at radius 2 is 2.08 bits per heavy atom. The van der Waals surface area contributed by atoms with Gasteiger partial charge in [0.05, 0.1) is 6.61 Å². The predicted octanol–water partition coefficient (Wildman–Crippen LogP) is 1.23. The second kappa shape index (κ2) is 5.84. The highest BCUT2D eigenvalue weighted by Gasteiger charge is 2.21. The molecule has 0 aromatic carbocycles. The van der Waals surface area contributed by atoms with Crippen LogP contribution in [0.3, 0.4) is 0 Å². The van der Waals surface area contributed by atoms with E-state index >= 15 is 0 Å². The summed E-state index contributed by atoms with van der Waals surface area (Å²) >= 11 is 1.77. The zero-order chi connectivity index (χ0) is 8.81. The summed E-state index contributed by atoms with van der Waals surface area (Å²) in [6.45, 7) is 0.280. The van der Waals surface area contributed by atoms with Crippen LogP contribution in [0.2, 0.25) is 0 Å². The van der Waals surface area contributed by atoms with E-state index in [1.54, 1.807) is 11.8 Å². The molecule has 0 bridgehead atoms. The van der Waals surface area contributed by atoms with Gasteiger partial charge in [0.15, 0.2) is 0 Å². The first-order chi connectivity index (χ1) is 5.84. The molecule has 0 heterocycles. The molecule has 72 valence electrons. The second-order valence-corrected chi connectivity index (χ2v) is 4.66. The van der Waals surface area contributed by atoms with Gasteiger partial charge in [0, 0.05) is 17.5 Å². The number of thioether (sulfide) groups is 1. The monoisotopic (exact) mass is 189 g/mol. The van der Waals surface area contributed by atoms with E-state index in [1.807, 2.05) is 0 Å². The second-order valence-electron chi connectivity index (χ2n) is 3.51. The minimum atomic E-state index is 0.280. The molecule has 12 heavy (non-hydrogen) atoms. The molecule has 2 nitrogen and oxygen atoms in total. The van der Waals surface area contributed by atoms with Crippen molar-refractivity contribution in [3.63, 3.8) is 0 Å². The number of aliphatic hydroxyl groups is 1. The fraction of sp³-hybridized carbons (Fsp3) is 1.00. The summed E-state index contributed by atoms with van der Waals surface area (Å²) in [5, 5.41) is 8.58. The van der Waals surface area contributed by atoms with Crippen molar-refractivity contribution >= 4 is 11.8 Å². The summed E-state index contributed by atoms with van der Waals surface area (Å²) in [6.07, 6.45) is 5.37. The molecule has 0 radical (unpaired) electrons. The van der Waals surface area contributed by atoms with Gasteiger partial charge in [-0.05, 0) is 18.8 Å². The highest BCUT2D eigenvalue weighted by Crippen LogP contribution is 2.27. The van der Waals surface area contributed by atoms with Gasteiger partial charge in [-0.2, -0.15) is 11.8 Å². The lowest BCUT2D eigenvalue weighted by Gasteiger charge is -2.17. The SMILES string of the molecule is NC(CSCCO)C1CCCC1. The Hall–Kier alpha value is 0.270. The highest BCUT2D eigenvalue weighted by atomic mass is 32.2. The molecule has 1 saturated carbocycles. The molecule has 3 heteroatoms. The Balaban J connectivity index is 2.05. The molecule has 0 aliphatic heterocycles. The van der Waals surface area contributed by atoms with E-state index < -0.39 is 0 Å². The van der Waals surface area contributed by atoms with Gasteiger partial charge >= 0.3 is 0 Å². The van der Waals surface area contributed by atoms with E-state index in [1.165, 1.54) is 25.7 Å². The standard InChI is InChI=1S/C9H19NOS/c10-9(7-12-6-5-11)8-3-1-2-4-8/h8-9,11H,1-7,10H2. The smallest absolute Gasteiger partial charge is 0.0521 e. The third-order valence-electron chi connectivity index (χ3n) is 2.55. The van der Waals surface area contributed by atoms with Crippen molar-refractivity contribution in [2.24, 2.45) is 11.7 Å². The van der Waals surface area contributed by atoms with E-state index in [9.17, 15) is 0 Å². The number of aliphatic hydroxyl groups excluding tert-OH is 1. The van der Waals surface area contributed by atoms with Crippen LogP contribution in [0.15, 0.2) is 0 Å². The zero-order valence-electron chi connectivity index (χ0n) is 7.54. The van der Waals surface area contributed by atoms with Gasteiger partial charge in [-0.15, -0.1) is 0 Å². The van der Waals surface area contributed by atoms with Crippen LogP contribution < -0.4 is 5.73 Å². The first-order valence-electron chi connectivity index (χ1n) is 4.78.